The van der Waals surface area contributed by atoms with Crippen LogP contribution in [0.15, 0.2) is 0 Å². The molecule has 0 rings (SSSR count). The van der Waals surface area contributed by atoms with E-state index in [0.29, 0.717) is 12.5 Å². The van der Waals surface area contributed by atoms with Crippen LogP contribution in [0.2, 0.25) is 0 Å². The highest BCUT2D eigenvalue weighted by Crippen LogP contribution is 2.55. The average molecular weight is 259 g/mol. The van der Waals surface area contributed by atoms with Crippen LogP contribution in [0.1, 0.15) is 27.7 Å². The van der Waals surface area contributed by atoms with Crippen LogP contribution >= 0.6 is 19.2 Å². The lowest BCUT2D eigenvalue weighted by molar-refractivity contribution is 0.0937. The molecule has 0 aliphatic heterocycles. The zero-order chi connectivity index (χ0) is 11.9. The SMILES string of the molecule is CCOP(=O)(OCC)C(Cl)OCC(C)C. The van der Waals surface area contributed by atoms with Crippen molar-refractivity contribution in [1.29, 1.82) is 0 Å². The molecule has 0 aliphatic carbocycles. The molecule has 4 nitrogen and oxygen atoms in total. The number of hydrogen-bond acceptors (Lipinski definition) is 4. The normalized spacial score (nSPS) is 14.5. The lowest BCUT2D eigenvalue weighted by atomic mass is 10.2. The number of rotatable bonds is 8. The molecule has 92 valence electrons. The fourth-order valence-corrected chi connectivity index (χ4v) is 2.59. The molecule has 0 bridgehead atoms. The molecule has 15 heavy (non-hydrogen) atoms. The standard InChI is InChI=1S/C9H20ClO4P/c1-5-13-15(11,14-6-2)9(10)12-7-8(3)4/h8-9H,5-7H2,1-4H3. The van der Waals surface area contributed by atoms with Crippen molar-refractivity contribution in [2.45, 2.75) is 33.0 Å². The van der Waals surface area contributed by atoms with Crippen LogP contribution < -0.4 is 0 Å². The Hall–Kier alpha value is 0.400. The van der Waals surface area contributed by atoms with Gasteiger partial charge in [0.15, 0.2) is 0 Å². The summed E-state index contributed by atoms with van der Waals surface area (Å²) in [7, 11) is -3.32. The van der Waals surface area contributed by atoms with Gasteiger partial charge in [0.25, 0.3) is 0 Å². The molecule has 0 saturated heterocycles. The predicted molar refractivity (Wildman–Crippen MR) is 61.3 cm³/mol. The third-order valence-corrected chi connectivity index (χ3v) is 4.16. The Bertz CT molecular complexity index is 200. The number of halogens is 1. The van der Waals surface area contributed by atoms with Crippen LogP contribution in [0.3, 0.4) is 0 Å². The summed E-state index contributed by atoms with van der Waals surface area (Å²) in [5.41, 5.74) is 0. The van der Waals surface area contributed by atoms with Gasteiger partial charge in [-0.05, 0) is 19.8 Å². The van der Waals surface area contributed by atoms with Crippen LogP contribution in [0.5, 0.6) is 0 Å². The van der Waals surface area contributed by atoms with E-state index in [0.717, 1.165) is 0 Å². The highest BCUT2D eigenvalue weighted by Gasteiger charge is 2.35. The van der Waals surface area contributed by atoms with Crippen molar-refractivity contribution in [3.63, 3.8) is 0 Å². The molecule has 0 aromatic carbocycles. The highest BCUT2D eigenvalue weighted by atomic mass is 35.5. The topological polar surface area (TPSA) is 44.8 Å². The Labute approximate surface area is 96.8 Å². The summed E-state index contributed by atoms with van der Waals surface area (Å²) in [5, 5.41) is -1.03. The second-order valence-electron chi connectivity index (χ2n) is 3.39. The van der Waals surface area contributed by atoms with Gasteiger partial charge in [-0.3, -0.25) is 4.57 Å². The lowest BCUT2D eigenvalue weighted by Gasteiger charge is -2.22. The molecular formula is C9H20ClO4P. The van der Waals surface area contributed by atoms with E-state index >= 15 is 0 Å². The maximum Gasteiger partial charge on any atom is 0.374 e. The van der Waals surface area contributed by atoms with Gasteiger partial charge >= 0.3 is 7.60 Å². The van der Waals surface area contributed by atoms with E-state index in [1.54, 1.807) is 13.8 Å². The summed E-state index contributed by atoms with van der Waals surface area (Å²) in [4.78, 5) is 0. The van der Waals surface area contributed by atoms with Gasteiger partial charge in [-0.2, -0.15) is 0 Å². The lowest BCUT2D eigenvalue weighted by Crippen LogP contribution is -2.14. The van der Waals surface area contributed by atoms with Gasteiger partial charge < -0.3 is 13.8 Å². The van der Waals surface area contributed by atoms with Gasteiger partial charge in [0.1, 0.15) is 0 Å². The fourth-order valence-electron chi connectivity index (χ4n) is 0.877. The number of hydrogen-bond donors (Lipinski definition) is 0. The molecule has 6 heteroatoms. The first-order valence-corrected chi connectivity index (χ1v) is 7.15. The molecule has 0 heterocycles. The van der Waals surface area contributed by atoms with Crippen LogP contribution in [0.25, 0.3) is 0 Å². The summed E-state index contributed by atoms with van der Waals surface area (Å²) < 4.78 is 27.3. The predicted octanol–water partition coefficient (Wildman–Crippen LogP) is 3.45. The van der Waals surface area contributed by atoms with Crippen molar-refractivity contribution < 1.29 is 18.3 Å². The van der Waals surface area contributed by atoms with E-state index in [2.05, 4.69) is 0 Å². The van der Waals surface area contributed by atoms with Crippen LogP contribution in [0, 0.1) is 5.92 Å². The van der Waals surface area contributed by atoms with E-state index in [9.17, 15) is 4.57 Å². The van der Waals surface area contributed by atoms with E-state index in [1.807, 2.05) is 13.8 Å². The Morgan fingerprint density at radius 2 is 1.67 bits per heavy atom. The minimum Gasteiger partial charge on any atom is -0.351 e. The first-order valence-electron chi connectivity index (χ1n) is 5.10. The number of ether oxygens (including phenoxy) is 1. The Morgan fingerprint density at radius 1 is 1.20 bits per heavy atom. The van der Waals surface area contributed by atoms with Crippen molar-refractivity contribution in [3.8, 4) is 0 Å². The Balaban J connectivity index is 4.27. The molecule has 0 fully saturated rings. The van der Waals surface area contributed by atoms with Gasteiger partial charge in [0.2, 0.25) is 5.30 Å². The quantitative estimate of drug-likeness (QED) is 0.494. The van der Waals surface area contributed by atoms with E-state index < -0.39 is 12.9 Å². The van der Waals surface area contributed by atoms with E-state index in [4.69, 9.17) is 25.4 Å². The fraction of sp³-hybridized carbons (Fsp3) is 1.00. The molecule has 0 aliphatic rings. The summed E-state index contributed by atoms with van der Waals surface area (Å²) in [5.74, 6) is 0.322. The van der Waals surface area contributed by atoms with Crippen molar-refractivity contribution in [3.05, 3.63) is 0 Å². The van der Waals surface area contributed by atoms with Crippen LogP contribution in [0.4, 0.5) is 0 Å². The van der Waals surface area contributed by atoms with Crippen molar-refractivity contribution in [2.75, 3.05) is 19.8 Å². The first kappa shape index (κ1) is 15.4. The number of alkyl halides is 1. The molecule has 1 unspecified atom stereocenters. The third-order valence-electron chi connectivity index (χ3n) is 1.43. The molecule has 0 spiro atoms. The minimum atomic E-state index is -3.32. The van der Waals surface area contributed by atoms with Crippen molar-refractivity contribution in [2.24, 2.45) is 5.92 Å². The molecular weight excluding hydrogens is 239 g/mol. The summed E-state index contributed by atoms with van der Waals surface area (Å²) in [6.45, 7) is 8.43. The third kappa shape index (κ3) is 5.88. The smallest absolute Gasteiger partial charge is 0.351 e. The molecule has 0 radical (unpaired) electrons. The zero-order valence-electron chi connectivity index (χ0n) is 9.73. The largest absolute Gasteiger partial charge is 0.374 e. The molecule has 0 saturated carbocycles. The molecule has 0 N–H and O–H groups in total. The first-order chi connectivity index (χ1) is 6.96. The second kappa shape index (κ2) is 7.64. The summed E-state index contributed by atoms with van der Waals surface area (Å²) in [6.07, 6.45) is 0. The molecule has 0 aromatic rings. The molecule has 1 atom stereocenters. The molecule has 0 amide bonds. The maximum absolute atomic E-state index is 12.0. The Kier molecular flexibility index (Phi) is 7.84. The summed E-state index contributed by atoms with van der Waals surface area (Å²) in [6, 6.07) is 0. The average Bonchev–Trinajstić information content (AvgIpc) is 2.14. The maximum atomic E-state index is 12.0. The minimum absolute atomic E-state index is 0.283. The van der Waals surface area contributed by atoms with Crippen LogP contribution in [-0.4, -0.2) is 25.1 Å². The van der Waals surface area contributed by atoms with Gasteiger partial charge in [-0.25, -0.2) is 0 Å². The molecule has 0 aromatic heterocycles. The highest BCUT2D eigenvalue weighted by molar-refractivity contribution is 7.56. The van der Waals surface area contributed by atoms with E-state index in [-0.39, 0.29) is 13.2 Å². The van der Waals surface area contributed by atoms with Gasteiger partial charge in [-0.1, -0.05) is 25.4 Å². The van der Waals surface area contributed by atoms with Crippen molar-refractivity contribution in [1.82, 2.24) is 0 Å². The van der Waals surface area contributed by atoms with E-state index in [1.165, 1.54) is 0 Å². The summed E-state index contributed by atoms with van der Waals surface area (Å²) >= 11 is 5.85. The van der Waals surface area contributed by atoms with Gasteiger partial charge in [0.05, 0.1) is 19.8 Å². The van der Waals surface area contributed by atoms with Crippen LogP contribution in [-0.2, 0) is 18.3 Å². The van der Waals surface area contributed by atoms with Crippen molar-refractivity contribution >= 4 is 19.2 Å². The van der Waals surface area contributed by atoms with Gasteiger partial charge in [-0.15, -0.1) is 0 Å². The monoisotopic (exact) mass is 258 g/mol. The van der Waals surface area contributed by atoms with Gasteiger partial charge in [0, 0.05) is 0 Å². The second-order valence-corrected chi connectivity index (χ2v) is 6.16. The zero-order valence-corrected chi connectivity index (χ0v) is 11.4. The Morgan fingerprint density at radius 3 is 2.00 bits per heavy atom.